The van der Waals surface area contributed by atoms with Crippen LogP contribution in [0.25, 0.3) is 0 Å². The Kier molecular flexibility index (Phi) is 7.99. The Morgan fingerprint density at radius 2 is 1.38 bits per heavy atom. The largest absolute Gasteiger partial charge is 0.496 e. The van der Waals surface area contributed by atoms with Gasteiger partial charge in [-0.2, -0.15) is 0 Å². The van der Waals surface area contributed by atoms with Crippen molar-refractivity contribution in [2.45, 2.75) is 84.5 Å². The van der Waals surface area contributed by atoms with Gasteiger partial charge in [0.25, 0.3) is 0 Å². The fourth-order valence-corrected chi connectivity index (χ4v) is 4.39. The van der Waals surface area contributed by atoms with Gasteiger partial charge in [0.1, 0.15) is 11.5 Å². The molecule has 0 atom stereocenters. The third-order valence-corrected chi connectivity index (χ3v) is 5.91. The van der Waals surface area contributed by atoms with Crippen molar-refractivity contribution in [1.29, 1.82) is 0 Å². The average molecular weight is 361 g/mol. The molecule has 0 spiro atoms. The van der Waals surface area contributed by atoms with Gasteiger partial charge in [0, 0.05) is 11.0 Å². The highest BCUT2D eigenvalue weighted by Crippen LogP contribution is 2.50. The molecule has 0 saturated carbocycles. The molecule has 0 aliphatic heterocycles. The molecule has 0 bridgehead atoms. The molecule has 0 amide bonds. The molecule has 1 aromatic rings. The molecule has 0 N–H and O–H groups in total. The van der Waals surface area contributed by atoms with E-state index in [0.29, 0.717) is 5.75 Å². The van der Waals surface area contributed by atoms with Crippen molar-refractivity contribution in [2.75, 3.05) is 14.2 Å². The fraction of sp³-hybridized carbons (Fsp3) is 0.696. The van der Waals surface area contributed by atoms with E-state index in [4.69, 9.17) is 9.47 Å². The number of fused-ring (bicyclic) bond motifs is 1. The molecule has 26 heavy (non-hydrogen) atoms. The minimum absolute atomic E-state index is 0.258. The first kappa shape index (κ1) is 20.8. The van der Waals surface area contributed by atoms with Crippen LogP contribution in [0, 0.1) is 5.41 Å². The summed E-state index contributed by atoms with van der Waals surface area (Å²) in [7, 11) is 3.34. The Morgan fingerprint density at radius 1 is 0.846 bits per heavy atom. The lowest BCUT2D eigenvalue weighted by Gasteiger charge is -2.28. The van der Waals surface area contributed by atoms with Crippen LogP contribution >= 0.6 is 0 Å². The molecule has 0 unspecified atom stereocenters. The lowest BCUT2D eigenvalue weighted by molar-refractivity contribution is 0.0775. The zero-order valence-electron chi connectivity index (χ0n) is 17.2. The van der Waals surface area contributed by atoms with E-state index < -0.39 is 0 Å². The summed E-state index contributed by atoms with van der Waals surface area (Å²) in [4.78, 5) is 13.6. The Balaban J connectivity index is 2.27. The molecule has 0 heterocycles. The lowest BCUT2D eigenvalue weighted by Crippen LogP contribution is -2.28. The standard InChI is InChI=1S/C23H36O3/c1-5-7-9-11-15-23(16-12-10-8-6-2)17-18-19(25-3)13-14-20(26-4)21(18)22(23)24/h13-14H,5-12,15-17H2,1-4H3. The topological polar surface area (TPSA) is 35.5 Å². The molecule has 0 aromatic heterocycles. The van der Waals surface area contributed by atoms with Crippen molar-refractivity contribution in [3.05, 3.63) is 23.3 Å². The highest BCUT2D eigenvalue weighted by atomic mass is 16.5. The SMILES string of the molecule is CCCCCCC1(CCCCCC)Cc2c(OC)ccc(OC)c2C1=O. The van der Waals surface area contributed by atoms with Gasteiger partial charge in [-0.15, -0.1) is 0 Å². The Morgan fingerprint density at radius 3 is 1.88 bits per heavy atom. The Labute approximate surface area is 159 Å². The van der Waals surface area contributed by atoms with Crippen LogP contribution in [0.3, 0.4) is 0 Å². The summed E-state index contributed by atoms with van der Waals surface area (Å²) >= 11 is 0. The van der Waals surface area contributed by atoms with E-state index in [2.05, 4.69) is 13.8 Å². The number of hydrogen-bond acceptors (Lipinski definition) is 3. The van der Waals surface area contributed by atoms with E-state index in [-0.39, 0.29) is 11.2 Å². The molecule has 3 nitrogen and oxygen atoms in total. The van der Waals surface area contributed by atoms with Gasteiger partial charge in [0.05, 0.1) is 19.8 Å². The first-order valence-electron chi connectivity index (χ1n) is 10.4. The summed E-state index contributed by atoms with van der Waals surface area (Å²) in [5.74, 6) is 1.82. The van der Waals surface area contributed by atoms with Gasteiger partial charge in [-0.3, -0.25) is 4.79 Å². The normalized spacial score (nSPS) is 15.2. The second-order valence-corrected chi connectivity index (χ2v) is 7.73. The minimum Gasteiger partial charge on any atom is -0.496 e. The van der Waals surface area contributed by atoms with Gasteiger partial charge >= 0.3 is 0 Å². The van der Waals surface area contributed by atoms with Gasteiger partial charge in [-0.25, -0.2) is 0 Å². The van der Waals surface area contributed by atoms with E-state index in [0.717, 1.165) is 49.0 Å². The molecule has 3 heteroatoms. The number of unbranched alkanes of at least 4 members (excludes halogenated alkanes) is 6. The van der Waals surface area contributed by atoms with Crippen molar-refractivity contribution < 1.29 is 14.3 Å². The molecular formula is C23H36O3. The van der Waals surface area contributed by atoms with Gasteiger partial charge in [-0.1, -0.05) is 65.2 Å². The zero-order chi connectivity index (χ0) is 19.0. The molecule has 2 rings (SSSR count). The van der Waals surface area contributed by atoms with Crippen LogP contribution in [-0.2, 0) is 6.42 Å². The highest BCUT2D eigenvalue weighted by molar-refractivity contribution is 6.07. The molecule has 0 radical (unpaired) electrons. The van der Waals surface area contributed by atoms with Crippen molar-refractivity contribution in [2.24, 2.45) is 5.41 Å². The van der Waals surface area contributed by atoms with Gasteiger partial charge < -0.3 is 9.47 Å². The maximum atomic E-state index is 13.6. The van der Waals surface area contributed by atoms with Gasteiger partial charge in [0.15, 0.2) is 5.78 Å². The number of rotatable bonds is 12. The summed E-state index contributed by atoms with van der Waals surface area (Å²) in [6.45, 7) is 4.46. The predicted molar refractivity (Wildman–Crippen MR) is 108 cm³/mol. The molecule has 0 saturated heterocycles. The molecule has 146 valence electrons. The van der Waals surface area contributed by atoms with Crippen LogP contribution in [0.5, 0.6) is 11.5 Å². The summed E-state index contributed by atoms with van der Waals surface area (Å²) in [5, 5.41) is 0. The summed E-state index contributed by atoms with van der Waals surface area (Å²) in [5.41, 5.74) is 1.58. The summed E-state index contributed by atoms with van der Waals surface area (Å²) in [6, 6.07) is 3.81. The summed E-state index contributed by atoms with van der Waals surface area (Å²) < 4.78 is 11.1. The summed E-state index contributed by atoms with van der Waals surface area (Å²) in [6.07, 6.45) is 12.4. The van der Waals surface area contributed by atoms with E-state index in [1.807, 2.05) is 12.1 Å². The predicted octanol–water partition coefficient (Wildman–Crippen LogP) is 6.37. The van der Waals surface area contributed by atoms with Crippen LogP contribution in [0.1, 0.15) is 94.0 Å². The molecule has 0 fully saturated rings. The number of carbonyl (C=O) groups excluding carboxylic acids is 1. The van der Waals surface area contributed by atoms with E-state index in [1.165, 1.54) is 38.5 Å². The number of carbonyl (C=O) groups is 1. The Hall–Kier alpha value is -1.51. The van der Waals surface area contributed by atoms with Crippen LogP contribution in [-0.4, -0.2) is 20.0 Å². The van der Waals surface area contributed by atoms with Gasteiger partial charge in [0.2, 0.25) is 0 Å². The molecule has 1 aliphatic carbocycles. The smallest absolute Gasteiger partial charge is 0.173 e. The first-order chi connectivity index (χ1) is 12.6. The number of methoxy groups -OCH3 is 2. The molecule has 1 aromatic carbocycles. The number of benzene rings is 1. The zero-order valence-corrected chi connectivity index (χ0v) is 17.2. The van der Waals surface area contributed by atoms with Crippen LogP contribution in [0.15, 0.2) is 12.1 Å². The number of Topliss-reactive ketones (excluding diaryl/α,β-unsaturated/α-hetero) is 1. The third-order valence-electron chi connectivity index (χ3n) is 5.91. The Bertz CT molecular complexity index is 579. The quantitative estimate of drug-likeness (QED) is 0.406. The second-order valence-electron chi connectivity index (χ2n) is 7.73. The molecule has 1 aliphatic rings. The highest BCUT2D eigenvalue weighted by Gasteiger charge is 2.47. The fourth-order valence-electron chi connectivity index (χ4n) is 4.39. The van der Waals surface area contributed by atoms with Crippen molar-refractivity contribution in [3.63, 3.8) is 0 Å². The van der Waals surface area contributed by atoms with Crippen molar-refractivity contribution in [3.8, 4) is 11.5 Å². The number of ketones is 1. The van der Waals surface area contributed by atoms with Gasteiger partial charge in [-0.05, 0) is 31.4 Å². The minimum atomic E-state index is -0.258. The van der Waals surface area contributed by atoms with Crippen molar-refractivity contribution in [1.82, 2.24) is 0 Å². The monoisotopic (exact) mass is 360 g/mol. The van der Waals surface area contributed by atoms with Crippen LogP contribution < -0.4 is 9.47 Å². The third kappa shape index (κ3) is 4.42. The number of hydrogen-bond donors (Lipinski definition) is 0. The average Bonchev–Trinajstić information content (AvgIpc) is 2.95. The first-order valence-corrected chi connectivity index (χ1v) is 10.4. The van der Waals surface area contributed by atoms with Crippen molar-refractivity contribution >= 4 is 5.78 Å². The van der Waals surface area contributed by atoms with E-state index in [1.54, 1.807) is 14.2 Å². The maximum Gasteiger partial charge on any atom is 0.173 e. The second kappa shape index (κ2) is 9.99. The lowest BCUT2D eigenvalue weighted by atomic mass is 9.74. The maximum absolute atomic E-state index is 13.6. The van der Waals surface area contributed by atoms with E-state index >= 15 is 0 Å². The number of ether oxygens (including phenoxy) is 2. The van der Waals surface area contributed by atoms with Crippen LogP contribution in [0.2, 0.25) is 0 Å². The van der Waals surface area contributed by atoms with E-state index in [9.17, 15) is 4.79 Å². The molecular weight excluding hydrogens is 324 g/mol. The van der Waals surface area contributed by atoms with Crippen LogP contribution in [0.4, 0.5) is 0 Å².